The van der Waals surface area contributed by atoms with Gasteiger partial charge in [0.15, 0.2) is 0 Å². The second-order valence-electron chi connectivity index (χ2n) is 5.58. The Hall–Kier alpha value is -1.80. The van der Waals surface area contributed by atoms with Gasteiger partial charge in [0.25, 0.3) is 0 Å². The molecular formula is C18H23NO. The van der Waals surface area contributed by atoms with E-state index in [2.05, 4.69) is 45.0 Å². The van der Waals surface area contributed by atoms with Crippen molar-refractivity contribution in [2.75, 3.05) is 0 Å². The lowest BCUT2D eigenvalue weighted by Gasteiger charge is -2.14. The molecule has 106 valence electrons. The van der Waals surface area contributed by atoms with Gasteiger partial charge in [-0.05, 0) is 68.5 Å². The average Bonchev–Trinajstić information content (AvgIpc) is 2.39. The van der Waals surface area contributed by atoms with Crippen LogP contribution in [0.15, 0.2) is 36.4 Å². The van der Waals surface area contributed by atoms with Gasteiger partial charge in [-0.1, -0.05) is 24.3 Å². The lowest BCUT2D eigenvalue weighted by Crippen LogP contribution is -2.17. The summed E-state index contributed by atoms with van der Waals surface area (Å²) in [7, 11) is 0. The van der Waals surface area contributed by atoms with Gasteiger partial charge in [-0.2, -0.15) is 0 Å². The number of benzene rings is 2. The van der Waals surface area contributed by atoms with E-state index in [1.54, 1.807) is 0 Å². The molecule has 0 aromatic heterocycles. The summed E-state index contributed by atoms with van der Waals surface area (Å²) in [6.45, 7) is 8.30. The summed E-state index contributed by atoms with van der Waals surface area (Å²) in [5.41, 5.74) is 10.7. The van der Waals surface area contributed by atoms with Crippen molar-refractivity contribution < 1.29 is 4.74 Å². The molecule has 20 heavy (non-hydrogen) atoms. The second-order valence-corrected chi connectivity index (χ2v) is 5.58. The van der Waals surface area contributed by atoms with E-state index in [-0.39, 0.29) is 6.04 Å². The van der Waals surface area contributed by atoms with Crippen LogP contribution in [0.2, 0.25) is 0 Å². The number of nitrogens with two attached hydrogens (primary N) is 1. The maximum absolute atomic E-state index is 6.10. The summed E-state index contributed by atoms with van der Waals surface area (Å²) in [6.07, 6.45) is 0.864. The maximum Gasteiger partial charge on any atom is 0.133 e. The van der Waals surface area contributed by atoms with Crippen molar-refractivity contribution in [3.63, 3.8) is 0 Å². The molecule has 2 aromatic carbocycles. The molecule has 0 bridgehead atoms. The normalized spacial score (nSPS) is 12.2. The quantitative estimate of drug-likeness (QED) is 0.898. The molecule has 0 aliphatic rings. The largest absolute Gasteiger partial charge is 0.457 e. The van der Waals surface area contributed by atoms with Crippen LogP contribution in [-0.2, 0) is 6.42 Å². The van der Waals surface area contributed by atoms with E-state index < -0.39 is 0 Å². The number of aryl methyl sites for hydroxylation is 2. The van der Waals surface area contributed by atoms with Gasteiger partial charge in [0.05, 0.1) is 0 Å². The molecule has 0 amide bonds. The van der Waals surface area contributed by atoms with Crippen LogP contribution in [0.25, 0.3) is 0 Å². The molecule has 2 heteroatoms. The van der Waals surface area contributed by atoms with Crippen LogP contribution in [0.3, 0.4) is 0 Å². The van der Waals surface area contributed by atoms with Gasteiger partial charge < -0.3 is 10.5 Å². The minimum absolute atomic E-state index is 0.160. The molecule has 1 atom stereocenters. The predicted molar refractivity (Wildman–Crippen MR) is 84.5 cm³/mol. The molecule has 2 rings (SSSR count). The fraction of sp³-hybridized carbons (Fsp3) is 0.333. The molecule has 0 saturated carbocycles. The van der Waals surface area contributed by atoms with Gasteiger partial charge in [0.1, 0.15) is 11.5 Å². The third-order valence-corrected chi connectivity index (χ3v) is 3.55. The standard InChI is InChI=1S/C18H23NO/c1-12-8-9-13(2)18(15(12)4)20-17-7-5-6-16(11-17)10-14(3)19/h5-9,11,14H,10,19H2,1-4H3. The van der Waals surface area contributed by atoms with Gasteiger partial charge in [-0.25, -0.2) is 0 Å². The summed E-state index contributed by atoms with van der Waals surface area (Å²) in [5, 5.41) is 0. The van der Waals surface area contributed by atoms with E-state index in [4.69, 9.17) is 10.5 Å². The highest BCUT2D eigenvalue weighted by Crippen LogP contribution is 2.31. The van der Waals surface area contributed by atoms with Crippen molar-refractivity contribution in [1.29, 1.82) is 0 Å². The zero-order valence-corrected chi connectivity index (χ0v) is 12.7. The summed E-state index contributed by atoms with van der Waals surface area (Å²) in [6, 6.07) is 12.6. The number of hydrogen-bond donors (Lipinski definition) is 1. The highest BCUT2D eigenvalue weighted by atomic mass is 16.5. The van der Waals surface area contributed by atoms with Gasteiger partial charge in [-0.15, -0.1) is 0 Å². The third kappa shape index (κ3) is 3.40. The number of hydrogen-bond acceptors (Lipinski definition) is 2. The van der Waals surface area contributed by atoms with Crippen LogP contribution in [0.4, 0.5) is 0 Å². The van der Waals surface area contributed by atoms with Crippen LogP contribution in [0.1, 0.15) is 29.2 Å². The van der Waals surface area contributed by atoms with Crippen molar-refractivity contribution in [1.82, 2.24) is 0 Å². The second kappa shape index (κ2) is 6.10. The van der Waals surface area contributed by atoms with E-state index >= 15 is 0 Å². The van der Waals surface area contributed by atoms with E-state index in [0.29, 0.717) is 0 Å². The summed E-state index contributed by atoms with van der Waals surface area (Å²) >= 11 is 0. The van der Waals surface area contributed by atoms with E-state index in [1.165, 1.54) is 16.7 Å². The minimum Gasteiger partial charge on any atom is -0.457 e. The van der Waals surface area contributed by atoms with Crippen LogP contribution in [0, 0.1) is 20.8 Å². The van der Waals surface area contributed by atoms with Gasteiger partial charge >= 0.3 is 0 Å². The SMILES string of the molecule is Cc1ccc(C)c(Oc2cccc(CC(C)N)c2)c1C. The van der Waals surface area contributed by atoms with Crippen LogP contribution < -0.4 is 10.5 Å². The molecule has 0 heterocycles. The molecule has 0 saturated heterocycles. The smallest absolute Gasteiger partial charge is 0.133 e. The van der Waals surface area contributed by atoms with Crippen molar-refractivity contribution in [3.05, 3.63) is 58.7 Å². The molecule has 0 radical (unpaired) electrons. The first kappa shape index (κ1) is 14.6. The molecule has 2 aromatic rings. The predicted octanol–water partition coefficient (Wildman–Crippen LogP) is 4.29. The summed E-state index contributed by atoms with van der Waals surface area (Å²) < 4.78 is 6.10. The van der Waals surface area contributed by atoms with E-state index in [9.17, 15) is 0 Å². The van der Waals surface area contributed by atoms with E-state index in [0.717, 1.165) is 23.5 Å². The molecule has 0 aliphatic heterocycles. The summed E-state index contributed by atoms with van der Waals surface area (Å²) in [5.74, 6) is 1.84. The topological polar surface area (TPSA) is 35.2 Å². The van der Waals surface area contributed by atoms with E-state index in [1.807, 2.05) is 19.1 Å². The van der Waals surface area contributed by atoms with Crippen molar-refractivity contribution in [2.24, 2.45) is 5.73 Å². The first-order chi connectivity index (χ1) is 9.47. The molecule has 2 nitrogen and oxygen atoms in total. The Bertz CT molecular complexity index is 602. The van der Waals surface area contributed by atoms with Crippen LogP contribution in [0.5, 0.6) is 11.5 Å². The Morgan fingerprint density at radius 1 is 1.05 bits per heavy atom. The van der Waals surface area contributed by atoms with Crippen LogP contribution >= 0.6 is 0 Å². The fourth-order valence-corrected chi connectivity index (χ4v) is 2.31. The van der Waals surface area contributed by atoms with Crippen LogP contribution in [-0.4, -0.2) is 6.04 Å². The van der Waals surface area contributed by atoms with Gasteiger partial charge in [0, 0.05) is 6.04 Å². The zero-order valence-electron chi connectivity index (χ0n) is 12.7. The van der Waals surface area contributed by atoms with Gasteiger partial charge in [-0.3, -0.25) is 0 Å². The Kier molecular flexibility index (Phi) is 4.46. The maximum atomic E-state index is 6.10. The summed E-state index contributed by atoms with van der Waals surface area (Å²) in [4.78, 5) is 0. The molecule has 0 fully saturated rings. The molecule has 1 unspecified atom stereocenters. The lowest BCUT2D eigenvalue weighted by atomic mass is 10.0. The highest BCUT2D eigenvalue weighted by Gasteiger charge is 2.08. The molecular weight excluding hydrogens is 246 g/mol. The number of rotatable bonds is 4. The van der Waals surface area contributed by atoms with Crippen molar-refractivity contribution in [3.8, 4) is 11.5 Å². The minimum atomic E-state index is 0.160. The third-order valence-electron chi connectivity index (χ3n) is 3.55. The van der Waals surface area contributed by atoms with Gasteiger partial charge in [0.2, 0.25) is 0 Å². The zero-order chi connectivity index (χ0) is 14.7. The molecule has 0 spiro atoms. The monoisotopic (exact) mass is 269 g/mol. The number of ether oxygens (including phenoxy) is 1. The first-order valence-electron chi connectivity index (χ1n) is 7.06. The Morgan fingerprint density at radius 3 is 2.45 bits per heavy atom. The lowest BCUT2D eigenvalue weighted by molar-refractivity contribution is 0.473. The highest BCUT2D eigenvalue weighted by molar-refractivity contribution is 5.47. The van der Waals surface area contributed by atoms with Crippen molar-refractivity contribution in [2.45, 2.75) is 40.2 Å². The Labute approximate surface area is 121 Å². The van der Waals surface area contributed by atoms with Crippen molar-refractivity contribution >= 4 is 0 Å². The molecule has 0 aliphatic carbocycles. The Balaban J connectivity index is 2.29. The average molecular weight is 269 g/mol. The Morgan fingerprint density at radius 2 is 1.75 bits per heavy atom. The fourth-order valence-electron chi connectivity index (χ4n) is 2.31. The molecule has 2 N–H and O–H groups in total. The first-order valence-corrected chi connectivity index (χ1v) is 7.06.